The van der Waals surface area contributed by atoms with Gasteiger partial charge in [0, 0.05) is 0 Å². The van der Waals surface area contributed by atoms with E-state index in [9.17, 15) is 14.0 Å². The topological polar surface area (TPSA) is 64.6 Å². The Labute approximate surface area is 168 Å². The van der Waals surface area contributed by atoms with Crippen molar-refractivity contribution in [2.45, 2.75) is 26.0 Å². The Kier molecular flexibility index (Phi) is 6.44. The number of rotatable bonds is 7. The van der Waals surface area contributed by atoms with Crippen LogP contribution in [-0.4, -0.2) is 24.6 Å². The Morgan fingerprint density at radius 3 is 2.41 bits per heavy atom. The van der Waals surface area contributed by atoms with Crippen LogP contribution in [0.3, 0.4) is 0 Å². The van der Waals surface area contributed by atoms with Crippen molar-refractivity contribution in [3.63, 3.8) is 0 Å². The Balaban J connectivity index is 1.52. The number of hydrogen-bond donors (Lipinski definition) is 1. The van der Waals surface area contributed by atoms with Gasteiger partial charge >= 0.3 is 5.97 Å². The van der Waals surface area contributed by atoms with Crippen molar-refractivity contribution in [2.24, 2.45) is 0 Å². The highest BCUT2D eigenvalue weighted by Gasteiger charge is 2.19. The van der Waals surface area contributed by atoms with E-state index in [1.54, 1.807) is 0 Å². The second-order valence-corrected chi connectivity index (χ2v) is 6.68. The molecule has 0 aliphatic rings. The van der Waals surface area contributed by atoms with E-state index in [4.69, 9.17) is 9.47 Å². The maximum absolute atomic E-state index is 12.9. The maximum atomic E-state index is 12.9. The van der Waals surface area contributed by atoms with Gasteiger partial charge in [0.15, 0.2) is 12.7 Å². The van der Waals surface area contributed by atoms with Gasteiger partial charge in [0.05, 0.1) is 6.04 Å². The lowest BCUT2D eigenvalue weighted by molar-refractivity contribution is -0.154. The van der Waals surface area contributed by atoms with Crippen LogP contribution in [-0.2, 0) is 14.3 Å². The van der Waals surface area contributed by atoms with Crippen molar-refractivity contribution in [3.05, 3.63) is 78.1 Å². The molecule has 0 bridgehead atoms. The molecule has 6 heteroatoms. The zero-order chi connectivity index (χ0) is 20.8. The first-order chi connectivity index (χ1) is 13.9. The number of nitrogens with one attached hydrogen (secondary N) is 1. The highest BCUT2D eigenvalue weighted by Crippen LogP contribution is 2.24. The van der Waals surface area contributed by atoms with Gasteiger partial charge in [-0.25, -0.2) is 9.18 Å². The quantitative estimate of drug-likeness (QED) is 0.610. The first-order valence-corrected chi connectivity index (χ1v) is 9.30. The van der Waals surface area contributed by atoms with Crippen LogP contribution < -0.4 is 10.1 Å². The summed E-state index contributed by atoms with van der Waals surface area (Å²) in [6, 6.07) is 18.9. The van der Waals surface area contributed by atoms with Crippen molar-refractivity contribution >= 4 is 22.6 Å². The summed E-state index contributed by atoms with van der Waals surface area (Å²) in [5.74, 6) is -1.15. The predicted octanol–water partition coefficient (Wildman–Crippen LogP) is 4.17. The minimum atomic E-state index is -0.927. The molecule has 0 unspecified atom stereocenters. The summed E-state index contributed by atoms with van der Waals surface area (Å²) in [5, 5.41) is 4.98. The lowest BCUT2D eigenvalue weighted by atomic mass is 10.00. The number of ether oxygens (including phenoxy) is 2. The van der Waals surface area contributed by atoms with Gasteiger partial charge in [0.1, 0.15) is 11.6 Å². The average molecular weight is 395 g/mol. The summed E-state index contributed by atoms with van der Waals surface area (Å²) in [5.41, 5.74) is 0.982. The summed E-state index contributed by atoms with van der Waals surface area (Å²) in [4.78, 5) is 24.3. The fourth-order valence-electron chi connectivity index (χ4n) is 3.01. The Morgan fingerprint density at radius 2 is 1.66 bits per heavy atom. The molecule has 0 spiro atoms. The second kappa shape index (κ2) is 9.19. The van der Waals surface area contributed by atoms with Gasteiger partial charge in [0.2, 0.25) is 0 Å². The molecule has 0 heterocycles. The van der Waals surface area contributed by atoms with E-state index in [1.807, 2.05) is 49.4 Å². The first kappa shape index (κ1) is 20.3. The summed E-state index contributed by atoms with van der Waals surface area (Å²) >= 11 is 0. The molecule has 3 rings (SSSR count). The molecule has 0 saturated heterocycles. The third kappa shape index (κ3) is 5.31. The predicted molar refractivity (Wildman–Crippen MR) is 108 cm³/mol. The largest absolute Gasteiger partial charge is 0.479 e. The number of benzene rings is 3. The van der Waals surface area contributed by atoms with Gasteiger partial charge in [0.25, 0.3) is 5.91 Å². The molecular weight excluding hydrogens is 373 g/mol. The van der Waals surface area contributed by atoms with Crippen LogP contribution in [0.1, 0.15) is 25.5 Å². The monoisotopic (exact) mass is 395 g/mol. The molecule has 0 aromatic heterocycles. The van der Waals surface area contributed by atoms with E-state index in [-0.39, 0.29) is 6.04 Å². The highest BCUT2D eigenvalue weighted by molar-refractivity contribution is 5.87. The minimum absolute atomic E-state index is 0.250. The second-order valence-electron chi connectivity index (χ2n) is 6.68. The van der Waals surface area contributed by atoms with Crippen molar-refractivity contribution in [3.8, 4) is 5.75 Å². The van der Waals surface area contributed by atoms with Gasteiger partial charge < -0.3 is 14.8 Å². The Morgan fingerprint density at radius 1 is 0.966 bits per heavy atom. The number of halogens is 1. The molecule has 150 valence electrons. The van der Waals surface area contributed by atoms with E-state index >= 15 is 0 Å². The molecule has 0 fully saturated rings. The fraction of sp³-hybridized carbons (Fsp3) is 0.217. The van der Waals surface area contributed by atoms with E-state index in [0.29, 0.717) is 5.75 Å². The lowest BCUT2D eigenvalue weighted by Gasteiger charge is -2.17. The summed E-state index contributed by atoms with van der Waals surface area (Å²) in [7, 11) is 0. The number of fused-ring (bicyclic) bond motifs is 1. The molecular formula is C23H22FNO4. The standard InChI is InChI=1S/C23H22FNO4/c1-15(20-9-5-7-17-6-3-4-8-21(17)20)25-22(26)14-28-23(27)16(2)29-19-12-10-18(24)11-13-19/h3-13,15-16H,14H2,1-2H3,(H,25,26)/t15-,16-/m1/s1. The van der Waals surface area contributed by atoms with Gasteiger partial charge in [-0.3, -0.25) is 4.79 Å². The van der Waals surface area contributed by atoms with E-state index < -0.39 is 30.4 Å². The lowest BCUT2D eigenvalue weighted by Crippen LogP contribution is -2.34. The third-order valence-corrected chi connectivity index (χ3v) is 4.47. The van der Waals surface area contributed by atoms with Crippen LogP contribution >= 0.6 is 0 Å². The first-order valence-electron chi connectivity index (χ1n) is 9.30. The van der Waals surface area contributed by atoms with Crippen LogP contribution in [0.25, 0.3) is 10.8 Å². The zero-order valence-corrected chi connectivity index (χ0v) is 16.2. The van der Waals surface area contributed by atoms with E-state index in [1.165, 1.54) is 31.2 Å². The average Bonchev–Trinajstić information content (AvgIpc) is 2.73. The fourth-order valence-corrected chi connectivity index (χ4v) is 3.01. The van der Waals surface area contributed by atoms with Gasteiger partial charge in [-0.2, -0.15) is 0 Å². The van der Waals surface area contributed by atoms with Gasteiger partial charge in [-0.05, 0) is 54.4 Å². The summed E-state index contributed by atoms with van der Waals surface area (Å²) in [6.07, 6.45) is -0.927. The zero-order valence-electron chi connectivity index (χ0n) is 16.2. The molecule has 0 aliphatic carbocycles. The van der Waals surface area contributed by atoms with Crippen LogP contribution in [0.2, 0.25) is 0 Å². The highest BCUT2D eigenvalue weighted by atomic mass is 19.1. The van der Waals surface area contributed by atoms with Crippen LogP contribution in [0.4, 0.5) is 4.39 Å². The SMILES string of the molecule is C[C@@H](Oc1ccc(F)cc1)C(=O)OCC(=O)N[C@H](C)c1cccc2ccccc12. The normalized spacial score (nSPS) is 12.8. The van der Waals surface area contributed by atoms with Crippen LogP contribution in [0, 0.1) is 5.82 Å². The van der Waals surface area contributed by atoms with Crippen molar-refractivity contribution in [2.75, 3.05) is 6.61 Å². The van der Waals surface area contributed by atoms with Crippen molar-refractivity contribution < 1.29 is 23.5 Å². The summed E-state index contributed by atoms with van der Waals surface area (Å²) < 4.78 is 23.3. The number of hydrogen-bond acceptors (Lipinski definition) is 4. The maximum Gasteiger partial charge on any atom is 0.347 e. The molecule has 2 atom stereocenters. The van der Waals surface area contributed by atoms with Crippen molar-refractivity contribution in [1.82, 2.24) is 5.32 Å². The number of esters is 1. The molecule has 3 aromatic rings. The third-order valence-electron chi connectivity index (χ3n) is 4.47. The minimum Gasteiger partial charge on any atom is -0.479 e. The molecule has 29 heavy (non-hydrogen) atoms. The number of carbonyl (C=O) groups excluding carboxylic acids is 2. The van der Waals surface area contributed by atoms with Crippen LogP contribution in [0.15, 0.2) is 66.7 Å². The molecule has 0 saturated carbocycles. The molecule has 0 radical (unpaired) electrons. The Hall–Kier alpha value is -3.41. The van der Waals surface area contributed by atoms with Crippen LogP contribution in [0.5, 0.6) is 5.75 Å². The number of carbonyl (C=O) groups is 2. The molecule has 3 aromatic carbocycles. The Bertz CT molecular complexity index is 998. The van der Waals surface area contributed by atoms with E-state index in [2.05, 4.69) is 5.32 Å². The molecule has 0 aliphatic heterocycles. The van der Waals surface area contributed by atoms with Gasteiger partial charge in [-0.15, -0.1) is 0 Å². The van der Waals surface area contributed by atoms with Gasteiger partial charge in [-0.1, -0.05) is 42.5 Å². The summed E-state index contributed by atoms with van der Waals surface area (Å²) in [6.45, 7) is 2.97. The molecule has 5 nitrogen and oxygen atoms in total. The molecule has 1 N–H and O–H groups in total. The smallest absolute Gasteiger partial charge is 0.347 e. The molecule has 1 amide bonds. The van der Waals surface area contributed by atoms with E-state index in [0.717, 1.165) is 16.3 Å². The number of amides is 1. The van der Waals surface area contributed by atoms with Crippen molar-refractivity contribution in [1.29, 1.82) is 0 Å².